The number of hydrogen-bond donors (Lipinski definition) is 2. The van der Waals surface area contributed by atoms with E-state index in [0.29, 0.717) is 0 Å². The van der Waals surface area contributed by atoms with Gasteiger partial charge in [-0.2, -0.15) is 0 Å². The third-order valence-electron chi connectivity index (χ3n) is 2.37. The van der Waals surface area contributed by atoms with Crippen molar-refractivity contribution >= 4 is 17.7 Å². The zero-order valence-corrected chi connectivity index (χ0v) is 11.2. The van der Waals surface area contributed by atoms with Crippen LogP contribution in [0, 0.1) is 17.6 Å². The number of rotatable bonds is 5. The lowest BCUT2D eigenvalue weighted by Gasteiger charge is -2.23. The third kappa shape index (κ3) is 4.83. The van der Waals surface area contributed by atoms with Crippen molar-refractivity contribution in [1.82, 2.24) is 4.90 Å². The number of hydrogen-bond acceptors (Lipinski definition) is 2. The largest absolute Gasteiger partial charge is 0.480 e. The second-order valence-electron chi connectivity index (χ2n) is 4.72. The third-order valence-corrected chi connectivity index (χ3v) is 2.37. The maximum atomic E-state index is 13.4. The standard InChI is InChI=1S/C13H16F2N2O3/c1-8(2)6-17(7-12(18)19)13(20)16-11-5-9(14)3-4-10(11)15/h3-5,8H,6-7H2,1-2H3,(H,16,20)(H,18,19). The van der Waals surface area contributed by atoms with Crippen molar-refractivity contribution in [2.45, 2.75) is 13.8 Å². The summed E-state index contributed by atoms with van der Waals surface area (Å²) in [6, 6.07) is 1.86. The quantitative estimate of drug-likeness (QED) is 0.874. The molecule has 0 aliphatic heterocycles. The van der Waals surface area contributed by atoms with Gasteiger partial charge >= 0.3 is 12.0 Å². The van der Waals surface area contributed by atoms with Crippen LogP contribution in [-0.2, 0) is 4.79 Å². The number of halogens is 2. The number of nitrogens with zero attached hydrogens (tertiary/aromatic N) is 1. The number of carboxylic acid groups (broad SMARTS) is 1. The molecule has 0 fully saturated rings. The zero-order chi connectivity index (χ0) is 15.3. The lowest BCUT2D eigenvalue weighted by molar-refractivity contribution is -0.137. The number of anilines is 1. The first-order valence-electron chi connectivity index (χ1n) is 6.02. The van der Waals surface area contributed by atoms with Gasteiger partial charge in [-0.1, -0.05) is 13.8 Å². The maximum Gasteiger partial charge on any atom is 0.323 e. The molecule has 2 N–H and O–H groups in total. The van der Waals surface area contributed by atoms with Gasteiger partial charge in [0.15, 0.2) is 0 Å². The molecule has 1 aromatic rings. The summed E-state index contributed by atoms with van der Waals surface area (Å²) in [6.07, 6.45) is 0. The Hall–Kier alpha value is -2.18. The lowest BCUT2D eigenvalue weighted by atomic mass is 10.2. The number of amides is 2. The molecule has 0 spiro atoms. The molecule has 0 bridgehead atoms. The molecular weight excluding hydrogens is 270 g/mol. The molecule has 0 aliphatic carbocycles. The smallest absolute Gasteiger partial charge is 0.323 e. The molecule has 0 aliphatic rings. The SMILES string of the molecule is CC(C)CN(CC(=O)O)C(=O)Nc1cc(F)ccc1F. The molecule has 0 saturated carbocycles. The number of urea groups is 1. The highest BCUT2D eigenvalue weighted by atomic mass is 19.1. The summed E-state index contributed by atoms with van der Waals surface area (Å²) >= 11 is 0. The Labute approximate surface area is 115 Å². The number of nitrogens with one attached hydrogen (secondary N) is 1. The molecule has 110 valence electrons. The van der Waals surface area contributed by atoms with Gasteiger partial charge in [-0.05, 0) is 18.1 Å². The van der Waals surface area contributed by atoms with E-state index in [0.717, 1.165) is 23.1 Å². The second-order valence-corrected chi connectivity index (χ2v) is 4.72. The van der Waals surface area contributed by atoms with Gasteiger partial charge in [0, 0.05) is 12.6 Å². The molecule has 1 rings (SSSR count). The van der Waals surface area contributed by atoms with Gasteiger partial charge in [-0.15, -0.1) is 0 Å². The van der Waals surface area contributed by atoms with E-state index in [2.05, 4.69) is 5.32 Å². The summed E-state index contributed by atoms with van der Waals surface area (Å²) in [4.78, 5) is 23.6. The molecule has 20 heavy (non-hydrogen) atoms. The lowest BCUT2D eigenvalue weighted by Crippen LogP contribution is -2.41. The monoisotopic (exact) mass is 286 g/mol. The summed E-state index contributed by atoms with van der Waals surface area (Å²) in [6.45, 7) is 3.30. The molecule has 2 amide bonds. The van der Waals surface area contributed by atoms with E-state index >= 15 is 0 Å². The van der Waals surface area contributed by atoms with Gasteiger partial charge in [-0.3, -0.25) is 4.79 Å². The van der Waals surface area contributed by atoms with Gasteiger partial charge in [0.1, 0.15) is 18.2 Å². The van der Waals surface area contributed by atoms with Crippen LogP contribution in [0.4, 0.5) is 19.3 Å². The molecule has 0 heterocycles. The summed E-state index contributed by atoms with van der Waals surface area (Å²) in [7, 11) is 0. The second kappa shape index (κ2) is 6.83. The van der Waals surface area contributed by atoms with Crippen molar-refractivity contribution < 1.29 is 23.5 Å². The van der Waals surface area contributed by atoms with E-state index < -0.39 is 30.2 Å². The van der Waals surface area contributed by atoms with E-state index in [-0.39, 0.29) is 18.2 Å². The Kier molecular flexibility index (Phi) is 5.42. The van der Waals surface area contributed by atoms with Crippen LogP contribution < -0.4 is 5.32 Å². The van der Waals surface area contributed by atoms with Crippen LogP contribution in [0.25, 0.3) is 0 Å². The number of carbonyl (C=O) groups is 2. The number of aliphatic carboxylic acids is 1. The first-order valence-corrected chi connectivity index (χ1v) is 6.02. The summed E-state index contributed by atoms with van der Waals surface area (Å²) in [5.41, 5.74) is -0.325. The fraction of sp³-hybridized carbons (Fsp3) is 0.385. The Morgan fingerprint density at radius 2 is 2.00 bits per heavy atom. The average molecular weight is 286 g/mol. The van der Waals surface area contributed by atoms with E-state index in [9.17, 15) is 18.4 Å². The van der Waals surface area contributed by atoms with Crippen LogP contribution >= 0.6 is 0 Å². The number of carboxylic acids is 1. The van der Waals surface area contributed by atoms with E-state index in [1.54, 1.807) is 0 Å². The Morgan fingerprint density at radius 3 is 2.55 bits per heavy atom. The van der Waals surface area contributed by atoms with Gasteiger partial charge in [0.25, 0.3) is 0 Å². The predicted molar refractivity (Wildman–Crippen MR) is 69.4 cm³/mol. The molecule has 7 heteroatoms. The first-order chi connectivity index (χ1) is 9.29. The molecule has 0 atom stereocenters. The molecule has 0 aromatic heterocycles. The van der Waals surface area contributed by atoms with Crippen molar-refractivity contribution in [3.8, 4) is 0 Å². The van der Waals surface area contributed by atoms with Gasteiger partial charge in [-0.25, -0.2) is 13.6 Å². The van der Waals surface area contributed by atoms with Crippen LogP contribution in [0.2, 0.25) is 0 Å². The normalized spacial score (nSPS) is 10.4. The molecule has 0 unspecified atom stereocenters. The highest BCUT2D eigenvalue weighted by Gasteiger charge is 2.19. The van der Waals surface area contributed by atoms with Crippen LogP contribution in [0.15, 0.2) is 18.2 Å². The van der Waals surface area contributed by atoms with Crippen LogP contribution in [0.1, 0.15) is 13.8 Å². The van der Waals surface area contributed by atoms with Crippen LogP contribution in [0.5, 0.6) is 0 Å². The number of carbonyl (C=O) groups excluding carboxylic acids is 1. The van der Waals surface area contributed by atoms with Crippen molar-refractivity contribution in [2.24, 2.45) is 5.92 Å². The minimum absolute atomic E-state index is 0.0393. The highest BCUT2D eigenvalue weighted by molar-refractivity contribution is 5.91. The Balaban J connectivity index is 2.84. The maximum absolute atomic E-state index is 13.4. The fourth-order valence-corrected chi connectivity index (χ4v) is 1.61. The Bertz CT molecular complexity index is 506. The average Bonchev–Trinajstić information content (AvgIpc) is 2.31. The van der Waals surface area contributed by atoms with E-state index in [1.807, 2.05) is 13.8 Å². The minimum atomic E-state index is -1.18. The van der Waals surface area contributed by atoms with Crippen molar-refractivity contribution in [3.05, 3.63) is 29.8 Å². The van der Waals surface area contributed by atoms with Crippen molar-refractivity contribution in [3.63, 3.8) is 0 Å². The van der Waals surface area contributed by atoms with Gasteiger partial charge in [0.05, 0.1) is 5.69 Å². The molecule has 0 saturated heterocycles. The van der Waals surface area contributed by atoms with Gasteiger partial charge < -0.3 is 15.3 Å². The molecule has 5 nitrogen and oxygen atoms in total. The van der Waals surface area contributed by atoms with Crippen LogP contribution in [-0.4, -0.2) is 35.1 Å². The molecular formula is C13H16F2N2O3. The van der Waals surface area contributed by atoms with Crippen molar-refractivity contribution in [2.75, 3.05) is 18.4 Å². The Morgan fingerprint density at radius 1 is 1.35 bits per heavy atom. The molecule has 0 radical (unpaired) electrons. The van der Waals surface area contributed by atoms with E-state index in [4.69, 9.17) is 5.11 Å². The predicted octanol–water partition coefficient (Wildman–Crippen LogP) is 2.54. The highest BCUT2D eigenvalue weighted by Crippen LogP contribution is 2.16. The zero-order valence-electron chi connectivity index (χ0n) is 11.2. The fourth-order valence-electron chi connectivity index (χ4n) is 1.61. The summed E-state index contributed by atoms with van der Waals surface area (Å²) in [5, 5.41) is 10.9. The summed E-state index contributed by atoms with van der Waals surface area (Å²) in [5.74, 6) is -2.63. The van der Waals surface area contributed by atoms with Gasteiger partial charge in [0.2, 0.25) is 0 Å². The van der Waals surface area contributed by atoms with E-state index in [1.165, 1.54) is 0 Å². The molecule has 1 aromatic carbocycles. The summed E-state index contributed by atoms with van der Waals surface area (Å²) < 4.78 is 26.4. The first kappa shape index (κ1) is 15.9. The van der Waals surface area contributed by atoms with Crippen molar-refractivity contribution in [1.29, 1.82) is 0 Å². The number of benzene rings is 1. The minimum Gasteiger partial charge on any atom is -0.480 e. The van der Waals surface area contributed by atoms with Crippen LogP contribution in [0.3, 0.4) is 0 Å². The topological polar surface area (TPSA) is 69.6 Å².